The molecule has 1 aromatic rings. The molecule has 10 heteroatoms. The largest absolute Gasteiger partial charge is 0.379 e. The van der Waals surface area contributed by atoms with Crippen molar-refractivity contribution < 1.29 is 28.7 Å². The van der Waals surface area contributed by atoms with Gasteiger partial charge < -0.3 is 25.8 Å². The highest BCUT2D eigenvalue weighted by molar-refractivity contribution is 6.01. The lowest BCUT2D eigenvalue weighted by Crippen LogP contribution is -2.65. The lowest BCUT2D eigenvalue weighted by atomic mass is 9.74. The van der Waals surface area contributed by atoms with Crippen LogP contribution in [-0.4, -0.2) is 85.0 Å². The Labute approximate surface area is 199 Å². The van der Waals surface area contributed by atoms with Gasteiger partial charge >= 0.3 is 0 Å². The third kappa shape index (κ3) is 6.19. The van der Waals surface area contributed by atoms with E-state index in [4.69, 9.17) is 15.2 Å². The molecule has 0 spiro atoms. The van der Waals surface area contributed by atoms with E-state index in [-0.39, 0.29) is 31.3 Å². The molecule has 34 heavy (non-hydrogen) atoms. The minimum absolute atomic E-state index is 0.138. The summed E-state index contributed by atoms with van der Waals surface area (Å²) in [5, 5.41) is 5.32. The van der Waals surface area contributed by atoms with Crippen LogP contribution in [0.4, 0.5) is 0 Å². The number of ether oxygens (including phenoxy) is 2. The summed E-state index contributed by atoms with van der Waals surface area (Å²) in [5.41, 5.74) is 3.86. The van der Waals surface area contributed by atoms with Gasteiger partial charge in [0, 0.05) is 13.1 Å². The predicted octanol–water partition coefficient (Wildman–Crippen LogP) is -0.600. The molecule has 2 saturated heterocycles. The molecular formula is C24H34N4O6. The molecule has 4 N–H and O–H groups in total. The zero-order valence-electron chi connectivity index (χ0n) is 20.0. The number of benzene rings is 1. The molecule has 1 unspecified atom stereocenters. The van der Waals surface area contributed by atoms with Crippen LogP contribution in [0, 0.1) is 5.92 Å². The predicted molar refractivity (Wildman–Crippen MR) is 124 cm³/mol. The van der Waals surface area contributed by atoms with Gasteiger partial charge in [0.2, 0.25) is 17.7 Å². The SMILES string of the molecule is C[C@@H](NC(=O)CN1CCOCC1)C(=O)NC(C)(C(N)=O)[C@H](Cc1ccccc1)C(=O)[C@]1(C)CO1. The Bertz CT molecular complexity index is 913. The Hall–Kier alpha value is -2.82. The molecule has 4 atom stereocenters. The summed E-state index contributed by atoms with van der Waals surface area (Å²) in [7, 11) is 0. The van der Waals surface area contributed by atoms with Crippen molar-refractivity contribution in [2.24, 2.45) is 11.7 Å². The van der Waals surface area contributed by atoms with Crippen molar-refractivity contribution in [2.45, 2.75) is 44.4 Å². The lowest BCUT2D eigenvalue weighted by Gasteiger charge is -2.36. The second kappa shape index (κ2) is 10.6. The van der Waals surface area contributed by atoms with E-state index in [9.17, 15) is 19.2 Å². The van der Waals surface area contributed by atoms with Gasteiger partial charge in [0.05, 0.1) is 32.3 Å². The number of carbonyl (C=O) groups is 4. The summed E-state index contributed by atoms with van der Waals surface area (Å²) in [4.78, 5) is 53.4. The minimum Gasteiger partial charge on any atom is -0.379 e. The number of epoxide rings is 1. The zero-order valence-corrected chi connectivity index (χ0v) is 20.0. The average molecular weight is 475 g/mol. The monoisotopic (exact) mass is 474 g/mol. The van der Waals surface area contributed by atoms with Crippen LogP contribution < -0.4 is 16.4 Å². The van der Waals surface area contributed by atoms with Crippen LogP contribution in [0.1, 0.15) is 26.3 Å². The van der Waals surface area contributed by atoms with Crippen LogP contribution in [0.2, 0.25) is 0 Å². The number of morpholine rings is 1. The Balaban J connectivity index is 1.73. The van der Waals surface area contributed by atoms with E-state index < -0.39 is 34.9 Å². The summed E-state index contributed by atoms with van der Waals surface area (Å²) in [6.07, 6.45) is 0.191. The van der Waals surface area contributed by atoms with Crippen molar-refractivity contribution in [3.63, 3.8) is 0 Å². The number of ketones is 1. The molecule has 3 amide bonds. The number of rotatable bonds is 11. The topological polar surface area (TPSA) is 143 Å². The molecule has 0 bridgehead atoms. The fourth-order valence-electron chi connectivity index (χ4n) is 4.03. The van der Waals surface area contributed by atoms with Crippen molar-refractivity contribution >= 4 is 23.5 Å². The first-order valence-electron chi connectivity index (χ1n) is 11.5. The maximum absolute atomic E-state index is 13.4. The fraction of sp³-hybridized carbons (Fsp3) is 0.583. The number of amides is 3. The van der Waals surface area contributed by atoms with Gasteiger partial charge in [0.15, 0.2) is 5.78 Å². The maximum Gasteiger partial charge on any atom is 0.243 e. The molecule has 0 saturated carbocycles. The van der Waals surface area contributed by atoms with Crippen molar-refractivity contribution in [3.05, 3.63) is 35.9 Å². The first-order valence-corrected chi connectivity index (χ1v) is 11.5. The molecule has 10 nitrogen and oxygen atoms in total. The van der Waals surface area contributed by atoms with Gasteiger partial charge in [0.25, 0.3) is 0 Å². The number of nitrogens with two attached hydrogens (primary N) is 1. The normalized spacial score (nSPS) is 23.7. The summed E-state index contributed by atoms with van der Waals surface area (Å²) in [5.74, 6) is -3.03. The molecule has 186 valence electrons. The van der Waals surface area contributed by atoms with E-state index in [2.05, 4.69) is 10.6 Å². The van der Waals surface area contributed by atoms with E-state index in [0.29, 0.717) is 26.3 Å². The van der Waals surface area contributed by atoms with Crippen molar-refractivity contribution in [3.8, 4) is 0 Å². The quantitative estimate of drug-likeness (QED) is 0.363. The first kappa shape index (κ1) is 25.8. The summed E-state index contributed by atoms with van der Waals surface area (Å²) >= 11 is 0. The van der Waals surface area contributed by atoms with Gasteiger partial charge in [-0.2, -0.15) is 0 Å². The molecule has 0 radical (unpaired) electrons. The van der Waals surface area contributed by atoms with Crippen molar-refractivity contribution in [1.29, 1.82) is 0 Å². The minimum atomic E-state index is -1.69. The number of nitrogens with one attached hydrogen (secondary N) is 2. The van der Waals surface area contributed by atoms with Crippen molar-refractivity contribution in [2.75, 3.05) is 39.5 Å². The smallest absolute Gasteiger partial charge is 0.243 e. The van der Waals surface area contributed by atoms with Crippen LogP contribution >= 0.6 is 0 Å². The molecule has 2 aliphatic heterocycles. The molecule has 2 heterocycles. The number of hydrogen-bond donors (Lipinski definition) is 3. The third-order valence-electron chi connectivity index (χ3n) is 6.53. The van der Waals surface area contributed by atoms with Gasteiger partial charge in [0.1, 0.15) is 17.2 Å². The Morgan fingerprint density at radius 3 is 2.35 bits per heavy atom. The van der Waals surface area contributed by atoms with Crippen LogP contribution in [0.25, 0.3) is 0 Å². The van der Waals surface area contributed by atoms with Crippen molar-refractivity contribution in [1.82, 2.24) is 15.5 Å². The number of primary amides is 1. The highest BCUT2D eigenvalue weighted by Crippen LogP contribution is 2.35. The van der Waals surface area contributed by atoms with E-state index in [0.717, 1.165) is 5.56 Å². The average Bonchev–Trinajstić information content (AvgIpc) is 3.56. The number of Topliss-reactive ketones (excluding diaryl/α,β-unsaturated/α-hetero) is 1. The van der Waals surface area contributed by atoms with Gasteiger partial charge in [-0.15, -0.1) is 0 Å². The van der Waals surface area contributed by atoms with E-state index in [1.165, 1.54) is 13.8 Å². The molecule has 0 aromatic heterocycles. The van der Waals surface area contributed by atoms with E-state index in [1.807, 2.05) is 35.2 Å². The molecule has 3 rings (SSSR count). The first-order chi connectivity index (χ1) is 16.0. The highest BCUT2D eigenvalue weighted by atomic mass is 16.6. The van der Waals surface area contributed by atoms with Gasteiger partial charge in [-0.25, -0.2) is 0 Å². The second-order valence-corrected chi connectivity index (χ2v) is 9.36. The molecule has 2 fully saturated rings. The fourth-order valence-corrected chi connectivity index (χ4v) is 4.03. The van der Waals surface area contributed by atoms with E-state index in [1.54, 1.807) is 6.92 Å². The zero-order chi connectivity index (χ0) is 24.9. The Morgan fingerprint density at radius 1 is 1.18 bits per heavy atom. The maximum atomic E-state index is 13.4. The van der Waals surface area contributed by atoms with Gasteiger partial charge in [-0.05, 0) is 32.8 Å². The molecule has 0 aliphatic carbocycles. The molecular weight excluding hydrogens is 440 g/mol. The van der Waals surface area contributed by atoms with E-state index >= 15 is 0 Å². The Kier molecular flexibility index (Phi) is 8.06. The summed E-state index contributed by atoms with van der Waals surface area (Å²) in [6, 6.07) is 8.26. The summed E-state index contributed by atoms with van der Waals surface area (Å²) < 4.78 is 10.6. The van der Waals surface area contributed by atoms with Gasteiger partial charge in [-0.1, -0.05) is 30.3 Å². The lowest BCUT2D eigenvalue weighted by molar-refractivity contribution is -0.141. The van der Waals surface area contributed by atoms with Crippen LogP contribution in [-0.2, 0) is 35.1 Å². The van der Waals surface area contributed by atoms with Crippen LogP contribution in [0.5, 0.6) is 0 Å². The standard InChI is InChI=1S/C24H34N4O6/c1-16(26-19(29)14-28-9-11-33-12-10-28)21(31)27-24(3,22(25)32)18(20(30)23(2)15-34-23)13-17-7-5-4-6-8-17/h4-8,16,18H,9-15H2,1-3H3,(H2,25,32)(H,26,29)(H,27,31)/t16-,18-,23+,24?/m1/s1. The molecule has 1 aromatic carbocycles. The number of carbonyl (C=O) groups excluding carboxylic acids is 4. The number of nitrogens with zero attached hydrogens (tertiary/aromatic N) is 1. The van der Waals surface area contributed by atoms with Gasteiger partial charge in [-0.3, -0.25) is 24.1 Å². The molecule has 2 aliphatic rings. The third-order valence-corrected chi connectivity index (χ3v) is 6.53. The highest BCUT2D eigenvalue weighted by Gasteiger charge is 2.56. The van der Waals surface area contributed by atoms with Crippen LogP contribution in [0.15, 0.2) is 30.3 Å². The second-order valence-electron chi connectivity index (χ2n) is 9.36. The Morgan fingerprint density at radius 2 is 1.79 bits per heavy atom. The summed E-state index contributed by atoms with van der Waals surface area (Å²) in [6.45, 7) is 7.40. The van der Waals surface area contributed by atoms with Crippen LogP contribution in [0.3, 0.4) is 0 Å². The number of hydrogen-bond acceptors (Lipinski definition) is 7.